The second kappa shape index (κ2) is 11.7. The van der Waals surface area contributed by atoms with Gasteiger partial charge in [-0.1, -0.05) is 18.6 Å². The van der Waals surface area contributed by atoms with E-state index in [4.69, 9.17) is 9.47 Å². The number of nitrogens with zero attached hydrogens (tertiary/aromatic N) is 1. The number of carbonyl (C=O) groups is 2. The molecule has 0 radical (unpaired) electrons. The third kappa shape index (κ3) is 7.13. The van der Waals surface area contributed by atoms with Crippen molar-refractivity contribution in [3.05, 3.63) is 29.8 Å². The van der Waals surface area contributed by atoms with E-state index in [1.165, 1.54) is 0 Å². The third-order valence-corrected chi connectivity index (χ3v) is 5.15. The average molecular weight is 392 g/mol. The molecule has 0 bridgehead atoms. The third-order valence-electron chi connectivity index (χ3n) is 5.15. The number of carbonyl (C=O) groups excluding carboxylic acids is 2. The summed E-state index contributed by atoms with van der Waals surface area (Å²) in [7, 11) is 5.07. The number of ether oxygens (including phenoxy) is 2. The van der Waals surface area contributed by atoms with Crippen molar-refractivity contribution < 1.29 is 19.1 Å². The van der Waals surface area contributed by atoms with Crippen molar-refractivity contribution in [2.45, 2.75) is 38.3 Å². The Hall–Kier alpha value is -2.12. The zero-order chi connectivity index (χ0) is 20.4. The van der Waals surface area contributed by atoms with Gasteiger partial charge in [-0.2, -0.15) is 0 Å². The first-order valence-corrected chi connectivity index (χ1v) is 9.90. The summed E-state index contributed by atoms with van der Waals surface area (Å²) in [5, 5.41) is 6.42. The number of amides is 2. The normalized spacial score (nSPS) is 20.8. The van der Waals surface area contributed by atoms with Gasteiger partial charge in [-0.25, -0.2) is 0 Å². The molecule has 1 heterocycles. The molecular weight excluding hydrogens is 358 g/mol. The van der Waals surface area contributed by atoms with Gasteiger partial charge in [0.25, 0.3) is 0 Å². The van der Waals surface area contributed by atoms with Crippen LogP contribution >= 0.6 is 0 Å². The monoisotopic (exact) mass is 391 g/mol. The fourth-order valence-corrected chi connectivity index (χ4v) is 3.46. The molecule has 7 heteroatoms. The first kappa shape index (κ1) is 22.2. The lowest BCUT2D eigenvalue weighted by Crippen LogP contribution is -2.42. The number of rotatable bonds is 8. The molecular formula is C21H33N3O4. The van der Waals surface area contributed by atoms with Crippen LogP contribution in [-0.4, -0.2) is 63.7 Å². The molecule has 156 valence electrons. The highest BCUT2D eigenvalue weighted by molar-refractivity contribution is 5.85. The van der Waals surface area contributed by atoms with Crippen molar-refractivity contribution in [2.75, 3.05) is 41.0 Å². The number of methoxy groups -OCH3 is 2. The lowest BCUT2D eigenvalue weighted by molar-refractivity contribution is -0.135. The molecule has 1 saturated heterocycles. The topological polar surface area (TPSA) is 79.9 Å². The Labute approximate surface area is 167 Å². The van der Waals surface area contributed by atoms with E-state index >= 15 is 0 Å². The minimum absolute atomic E-state index is 0.0157. The summed E-state index contributed by atoms with van der Waals surface area (Å²) in [6.07, 6.45) is 2.80. The molecule has 1 aromatic carbocycles. The molecule has 1 fully saturated rings. The number of benzene rings is 1. The van der Waals surface area contributed by atoms with Crippen LogP contribution in [0.1, 0.15) is 31.2 Å². The largest absolute Gasteiger partial charge is 0.497 e. The second-order valence-corrected chi connectivity index (χ2v) is 7.32. The highest BCUT2D eigenvalue weighted by Gasteiger charge is 2.26. The minimum atomic E-state index is -0.274. The van der Waals surface area contributed by atoms with E-state index in [1.807, 2.05) is 25.2 Å². The summed E-state index contributed by atoms with van der Waals surface area (Å²) < 4.78 is 10.2. The Kier molecular flexibility index (Phi) is 9.23. The Balaban J connectivity index is 1.91. The van der Waals surface area contributed by atoms with E-state index in [1.54, 1.807) is 19.1 Å². The van der Waals surface area contributed by atoms with Crippen LogP contribution in [0, 0.1) is 5.92 Å². The van der Waals surface area contributed by atoms with Crippen LogP contribution in [-0.2, 0) is 20.9 Å². The van der Waals surface area contributed by atoms with E-state index in [0.29, 0.717) is 26.2 Å². The molecule has 28 heavy (non-hydrogen) atoms. The molecule has 2 N–H and O–H groups in total. The highest BCUT2D eigenvalue weighted by Crippen LogP contribution is 2.19. The van der Waals surface area contributed by atoms with E-state index in [0.717, 1.165) is 30.6 Å². The van der Waals surface area contributed by atoms with Crippen LogP contribution in [0.15, 0.2) is 24.3 Å². The summed E-state index contributed by atoms with van der Waals surface area (Å²) in [6.45, 7) is 2.30. The summed E-state index contributed by atoms with van der Waals surface area (Å²) >= 11 is 0. The van der Waals surface area contributed by atoms with Crippen molar-refractivity contribution in [2.24, 2.45) is 5.92 Å². The summed E-state index contributed by atoms with van der Waals surface area (Å²) in [6, 6.07) is 8.16. The molecule has 0 spiro atoms. The number of nitrogens with one attached hydrogen (secondary N) is 2. The van der Waals surface area contributed by atoms with Crippen LogP contribution in [0.3, 0.4) is 0 Å². The summed E-state index contributed by atoms with van der Waals surface area (Å²) in [5.41, 5.74) is 1.14. The summed E-state index contributed by atoms with van der Waals surface area (Å²) in [5.74, 6) is 0.524. The first-order valence-electron chi connectivity index (χ1n) is 9.90. The van der Waals surface area contributed by atoms with Gasteiger partial charge in [-0.15, -0.1) is 0 Å². The van der Waals surface area contributed by atoms with Crippen LogP contribution in [0.25, 0.3) is 0 Å². The van der Waals surface area contributed by atoms with Crippen LogP contribution in [0.4, 0.5) is 0 Å². The zero-order valence-corrected chi connectivity index (χ0v) is 17.2. The lowest BCUT2D eigenvalue weighted by atomic mass is 9.96. The molecule has 2 unspecified atom stereocenters. The fourth-order valence-electron chi connectivity index (χ4n) is 3.46. The van der Waals surface area contributed by atoms with Gasteiger partial charge in [-0.3, -0.25) is 9.59 Å². The van der Waals surface area contributed by atoms with Gasteiger partial charge >= 0.3 is 0 Å². The Morgan fingerprint density at radius 1 is 1.29 bits per heavy atom. The Morgan fingerprint density at radius 3 is 2.86 bits per heavy atom. The molecule has 1 aliphatic heterocycles. The van der Waals surface area contributed by atoms with E-state index in [-0.39, 0.29) is 30.2 Å². The quantitative estimate of drug-likeness (QED) is 0.658. The van der Waals surface area contributed by atoms with Crippen molar-refractivity contribution in [3.63, 3.8) is 0 Å². The van der Waals surface area contributed by atoms with Crippen LogP contribution < -0.4 is 15.4 Å². The molecule has 0 aromatic heterocycles. The van der Waals surface area contributed by atoms with Crippen molar-refractivity contribution in [1.82, 2.24) is 15.5 Å². The van der Waals surface area contributed by atoms with Gasteiger partial charge in [0.05, 0.1) is 13.7 Å². The number of likely N-dealkylation sites (N-methyl/N-ethyl adjacent to an activating group) is 1. The maximum absolute atomic E-state index is 12.5. The molecule has 2 amide bonds. The highest BCUT2D eigenvalue weighted by atomic mass is 16.5. The molecule has 7 nitrogen and oxygen atoms in total. The fraction of sp³-hybridized carbons (Fsp3) is 0.619. The van der Waals surface area contributed by atoms with Crippen LogP contribution in [0.2, 0.25) is 0 Å². The maximum atomic E-state index is 12.5. The molecule has 2 rings (SSSR count). The van der Waals surface area contributed by atoms with Crippen molar-refractivity contribution in [3.8, 4) is 5.75 Å². The van der Waals surface area contributed by atoms with E-state index < -0.39 is 0 Å². The van der Waals surface area contributed by atoms with E-state index in [9.17, 15) is 9.59 Å². The minimum Gasteiger partial charge on any atom is -0.497 e. The Morgan fingerprint density at radius 2 is 2.11 bits per heavy atom. The van der Waals surface area contributed by atoms with Crippen molar-refractivity contribution >= 4 is 11.8 Å². The van der Waals surface area contributed by atoms with Gasteiger partial charge in [0.15, 0.2) is 0 Å². The SMILES string of the molecule is COCCNC(=O)C1CCCC(NCc2cccc(OC)c2)CN(C)C(=O)C1. The van der Waals surface area contributed by atoms with Gasteiger partial charge in [-0.05, 0) is 30.5 Å². The maximum Gasteiger partial charge on any atom is 0.223 e. The molecule has 1 aliphatic rings. The van der Waals surface area contributed by atoms with Gasteiger partial charge in [0.2, 0.25) is 11.8 Å². The van der Waals surface area contributed by atoms with Crippen LogP contribution in [0.5, 0.6) is 5.75 Å². The first-order chi connectivity index (χ1) is 13.5. The van der Waals surface area contributed by atoms with E-state index in [2.05, 4.69) is 16.7 Å². The standard InChI is InChI=1S/C21H33N3O4/c1-24-15-18(23-14-16-6-4-9-19(12-16)28-3)8-5-7-17(13-20(24)25)21(26)22-10-11-27-2/h4,6,9,12,17-18,23H,5,7-8,10-11,13-15H2,1-3H3,(H,22,26). The lowest BCUT2D eigenvalue weighted by Gasteiger charge is -2.24. The van der Waals surface area contributed by atoms with Crippen molar-refractivity contribution in [1.29, 1.82) is 0 Å². The van der Waals surface area contributed by atoms with Gasteiger partial charge < -0.3 is 25.0 Å². The van der Waals surface area contributed by atoms with Gasteiger partial charge in [0, 0.05) is 52.2 Å². The predicted octanol–water partition coefficient (Wildman–Crippen LogP) is 1.56. The number of hydrogen-bond donors (Lipinski definition) is 2. The Bertz CT molecular complexity index is 638. The van der Waals surface area contributed by atoms with Gasteiger partial charge in [0.1, 0.15) is 5.75 Å². The average Bonchev–Trinajstić information content (AvgIpc) is 2.77. The molecule has 1 aromatic rings. The smallest absolute Gasteiger partial charge is 0.223 e. The predicted molar refractivity (Wildman–Crippen MR) is 108 cm³/mol. The molecule has 0 aliphatic carbocycles. The summed E-state index contributed by atoms with van der Waals surface area (Å²) in [4.78, 5) is 26.7. The molecule has 2 atom stereocenters. The molecule has 0 saturated carbocycles. The second-order valence-electron chi connectivity index (χ2n) is 7.32. The zero-order valence-electron chi connectivity index (χ0n) is 17.2. The number of hydrogen-bond acceptors (Lipinski definition) is 5.